The minimum Gasteiger partial charge on any atom is -0.316 e. The molecule has 0 bridgehead atoms. The number of rotatable bonds is 7. The highest BCUT2D eigenvalue weighted by Gasteiger charge is 2.36. The molecule has 3 aromatic rings. The molecular weight excluding hydrogens is 564 g/mol. The minimum absolute atomic E-state index is 0.0119. The topological polar surface area (TPSA) is 84.3 Å². The summed E-state index contributed by atoms with van der Waals surface area (Å²) in [7, 11) is -1.84. The van der Waals surface area contributed by atoms with E-state index < -0.39 is 27.1 Å². The standard InChI is InChI=1S/C25H27Cl2F3N4O3S/c1-3-38(36,37)21-7-6-16(26)9-15(21)11-34-14-32-23-18(24(34)35)10-20(25(28,29)30)19(22(23)27)13-33-8-4-5-17(12-33)31-2/h6-7,9-10,14,17,31H,3-5,8,11-13H2,1-2H3/t17-/m1/s1. The van der Waals surface area contributed by atoms with Gasteiger partial charge in [-0.3, -0.25) is 14.3 Å². The fraction of sp³-hybridized carbons (Fsp3) is 0.440. The van der Waals surface area contributed by atoms with Crippen LogP contribution in [0, 0.1) is 0 Å². The second-order valence-electron chi connectivity index (χ2n) is 9.31. The number of benzene rings is 2. The number of halogens is 5. The van der Waals surface area contributed by atoms with Gasteiger partial charge in [-0.1, -0.05) is 30.1 Å². The third-order valence-electron chi connectivity index (χ3n) is 6.84. The van der Waals surface area contributed by atoms with Crippen molar-refractivity contribution in [2.45, 2.75) is 50.0 Å². The number of fused-ring (bicyclic) bond motifs is 1. The van der Waals surface area contributed by atoms with Gasteiger partial charge in [0.2, 0.25) is 0 Å². The van der Waals surface area contributed by atoms with Crippen molar-refractivity contribution in [3.05, 3.63) is 67.7 Å². The lowest BCUT2D eigenvalue weighted by atomic mass is 10.0. The van der Waals surface area contributed by atoms with E-state index in [1.807, 2.05) is 11.9 Å². The molecule has 1 aliphatic heterocycles. The summed E-state index contributed by atoms with van der Waals surface area (Å²) in [6.07, 6.45) is -1.83. The molecule has 2 heterocycles. The molecule has 1 aliphatic rings. The molecule has 0 unspecified atom stereocenters. The number of nitrogens with zero attached hydrogens (tertiary/aromatic N) is 3. The smallest absolute Gasteiger partial charge is 0.316 e. The molecule has 1 saturated heterocycles. The average Bonchev–Trinajstić information content (AvgIpc) is 2.86. The third-order valence-corrected chi connectivity index (χ3v) is 9.31. The van der Waals surface area contributed by atoms with Gasteiger partial charge in [-0.15, -0.1) is 0 Å². The molecule has 0 radical (unpaired) electrons. The summed E-state index contributed by atoms with van der Waals surface area (Å²) in [5, 5.41) is 2.89. The van der Waals surface area contributed by atoms with Gasteiger partial charge in [-0.25, -0.2) is 13.4 Å². The molecule has 4 rings (SSSR count). The summed E-state index contributed by atoms with van der Waals surface area (Å²) in [4.78, 5) is 19.5. The Hall–Kier alpha value is -2.18. The van der Waals surface area contributed by atoms with Crippen molar-refractivity contribution in [3.63, 3.8) is 0 Å². The van der Waals surface area contributed by atoms with E-state index in [0.717, 1.165) is 29.8 Å². The van der Waals surface area contributed by atoms with Gasteiger partial charge in [-0.2, -0.15) is 13.2 Å². The number of likely N-dealkylation sites (N-methyl/N-ethyl adjacent to an activating group) is 1. The summed E-state index contributed by atoms with van der Waals surface area (Å²) in [5.74, 6) is -0.175. The van der Waals surface area contributed by atoms with E-state index in [0.29, 0.717) is 13.1 Å². The molecule has 1 aromatic heterocycles. The maximum absolute atomic E-state index is 14.2. The zero-order valence-electron chi connectivity index (χ0n) is 20.8. The number of hydrogen-bond donors (Lipinski definition) is 1. The van der Waals surface area contributed by atoms with Crippen molar-refractivity contribution < 1.29 is 21.6 Å². The van der Waals surface area contributed by atoms with Crippen LogP contribution in [-0.4, -0.2) is 54.8 Å². The molecule has 2 aromatic carbocycles. The van der Waals surface area contributed by atoms with Gasteiger partial charge in [0, 0.05) is 24.2 Å². The number of sulfone groups is 1. The minimum atomic E-state index is -4.76. The summed E-state index contributed by atoms with van der Waals surface area (Å²) in [6.45, 7) is 2.39. The van der Waals surface area contributed by atoms with Crippen LogP contribution in [0.3, 0.4) is 0 Å². The van der Waals surface area contributed by atoms with Crippen molar-refractivity contribution >= 4 is 43.9 Å². The van der Waals surface area contributed by atoms with E-state index in [-0.39, 0.29) is 61.9 Å². The molecule has 1 N–H and O–H groups in total. The lowest BCUT2D eigenvalue weighted by Crippen LogP contribution is -2.44. The lowest BCUT2D eigenvalue weighted by Gasteiger charge is -2.33. The summed E-state index contributed by atoms with van der Waals surface area (Å²) in [5.41, 5.74) is -1.70. The maximum Gasteiger partial charge on any atom is 0.416 e. The summed E-state index contributed by atoms with van der Waals surface area (Å²) < 4.78 is 68.8. The Morgan fingerprint density at radius 3 is 2.58 bits per heavy atom. The van der Waals surface area contributed by atoms with Gasteiger partial charge in [-0.05, 0) is 61.8 Å². The first-order chi connectivity index (χ1) is 17.9. The quantitative estimate of drug-likeness (QED) is 0.427. The maximum atomic E-state index is 14.2. The molecule has 0 spiro atoms. The Balaban J connectivity index is 1.82. The fourth-order valence-corrected chi connectivity index (χ4v) is 6.41. The normalized spacial score (nSPS) is 17.3. The van der Waals surface area contributed by atoms with E-state index >= 15 is 0 Å². The lowest BCUT2D eigenvalue weighted by molar-refractivity contribution is -0.138. The zero-order chi connectivity index (χ0) is 27.8. The van der Waals surface area contributed by atoms with Crippen LogP contribution in [0.5, 0.6) is 0 Å². The highest BCUT2D eigenvalue weighted by Crippen LogP contribution is 2.39. The molecule has 0 saturated carbocycles. The number of hydrogen-bond acceptors (Lipinski definition) is 6. The van der Waals surface area contributed by atoms with Crippen molar-refractivity contribution in [3.8, 4) is 0 Å². The van der Waals surface area contributed by atoms with Crippen LogP contribution in [0.2, 0.25) is 10.0 Å². The highest BCUT2D eigenvalue weighted by atomic mass is 35.5. The van der Waals surface area contributed by atoms with Gasteiger partial charge in [0.15, 0.2) is 9.84 Å². The second-order valence-corrected chi connectivity index (χ2v) is 12.4. The summed E-state index contributed by atoms with van der Waals surface area (Å²) in [6, 6.07) is 5.14. The second kappa shape index (κ2) is 11.1. The van der Waals surface area contributed by atoms with Crippen LogP contribution in [0.4, 0.5) is 13.2 Å². The van der Waals surface area contributed by atoms with Crippen molar-refractivity contribution in [2.75, 3.05) is 25.9 Å². The predicted octanol–water partition coefficient (Wildman–Crippen LogP) is 4.75. The number of nitrogens with one attached hydrogen (secondary N) is 1. The molecule has 0 aliphatic carbocycles. The molecule has 7 nitrogen and oxygen atoms in total. The van der Waals surface area contributed by atoms with Crippen LogP contribution in [-0.2, 0) is 29.1 Å². The number of aromatic nitrogens is 2. The van der Waals surface area contributed by atoms with Crippen LogP contribution < -0.4 is 10.9 Å². The van der Waals surface area contributed by atoms with E-state index in [2.05, 4.69) is 10.3 Å². The first-order valence-corrected chi connectivity index (χ1v) is 14.4. The molecule has 1 fully saturated rings. The molecule has 13 heteroatoms. The first-order valence-electron chi connectivity index (χ1n) is 12.0. The fourth-order valence-electron chi connectivity index (χ4n) is 4.80. The van der Waals surface area contributed by atoms with E-state index in [1.54, 1.807) is 0 Å². The Kier molecular flexibility index (Phi) is 8.44. The van der Waals surface area contributed by atoms with Gasteiger partial charge in [0.05, 0.1) is 45.0 Å². The largest absolute Gasteiger partial charge is 0.416 e. The van der Waals surface area contributed by atoms with Crippen LogP contribution in [0.15, 0.2) is 40.3 Å². The Labute approximate surface area is 228 Å². The molecule has 206 valence electrons. The van der Waals surface area contributed by atoms with E-state index in [9.17, 15) is 26.4 Å². The predicted molar refractivity (Wildman–Crippen MR) is 142 cm³/mol. The van der Waals surface area contributed by atoms with Gasteiger partial charge in [0.25, 0.3) is 5.56 Å². The zero-order valence-corrected chi connectivity index (χ0v) is 23.1. The summed E-state index contributed by atoms with van der Waals surface area (Å²) >= 11 is 12.6. The molecule has 0 amide bonds. The van der Waals surface area contributed by atoms with E-state index in [4.69, 9.17) is 23.2 Å². The Morgan fingerprint density at radius 2 is 1.92 bits per heavy atom. The number of alkyl halides is 3. The average molecular weight is 591 g/mol. The van der Waals surface area contributed by atoms with Gasteiger partial charge in [0.1, 0.15) is 0 Å². The molecule has 1 atom stereocenters. The Morgan fingerprint density at radius 1 is 1.18 bits per heavy atom. The van der Waals surface area contributed by atoms with Crippen molar-refractivity contribution in [1.29, 1.82) is 0 Å². The van der Waals surface area contributed by atoms with Crippen LogP contribution in [0.1, 0.15) is 36.5 Å². The Bertz CT molecular complexity index is 1530. The first kappa shape index (κ1) is 28.8. The monoisotopic (exact) mass is 590 g/mol. The third kappa shape index (κ3) is 5.86. The van der Waals surface area contributed by atoms with Gasteiger partial charge < -0.3 is 5.32 Å². The van der Waals surface area contributed by atoms with Crippen molar-refractivity contribution in [1.82, 2.24) is 19.8 Å². The number of piperidine rings is 1. The van der Waals surface area contributed by atoms with E-state index in [1.165, 1.54) is 25.1 Å². The highest BCUT2D eigenvalue weighted by molar-refractivity contribution is 7.91. The molecule has 38 heavy (non-hydrogen) atoms. The SMILES string of the molecule is CCS(=O)(=O)c1ccc(Cl)cc1Cn1cnc2c(Cl)c(CN3CCC[C@@H](NC)C3)c(C(F)(F)F)cc2c1=O. The van der Waals surface area contributed by atoms with Crippen LogP contribution >= 0.6 is 23.2 Å². The van der Waals surface area contributed by atoms with Crippen LogP contribution in [0.25, 0.3) is 10.9 Å². The molecular formula is C25H27Cl2F3N4O3S. The van der Waals surface area contributed by atoms with Gasteiger partial charge >= 0.3 is 6.18 Å². The number of likely N-dealkylation sites (tertiary alicyclic amines) is 1. The van der Waals surface area contributed by atoms with Crippen molar-refractivity contribution in [2.24, 2.45) is 0 Å².